The van der Waals surface area contributed by atoms with Gasteiger partial charge in [0.15, 0.2) is 0 Å². The van der Waals surface area contributed by atoms with E-state index in [2.05, 4.69) is 9.98 Å². The Balaban J connectivity index is 2.98. The summed E-state index contributed by atoms with van der Waals surface area (Å²) >= 11 is 0. The number of amidine groups is 1. The van der Waals surface area contributed by atoms with Crippen LogP contribution in [0.15, 0.2) is 33.4 Å². The lowest BCUT2D eigenvalue weighted by Crippen LogP contribution is -1.89. The second kappa shape index (κ2) is 3.28. The third kappa shape index (κ3) is 2.15. The molecule has 11 heavy (non-hydrogen) atoms. The van der Waals surface area contributed by atoms with Crippen LogP contribution in [0, 0.1) is 0 Å². The van der Waals surface area contributed by atoms with E-state index in [9.17, 15) is 0 Å². The summed E-state index contributed by atoms with van der Waals surface area (Å²) in [6.45, 7) is 5.98. The van der Waals surface area contributed by atoms with Crippen LogP contribution in [-0.4, -0.2) is 12.1 Å². The van der Waals surface area contributed by atoms with E-state index in [0.717, 1.165) is 5.84 Å². The van der Waals surface area contributed by atoms with Crippen molar-refractivity contribution < 1.29 is 0 Å². The predicted molar refractivity (Wildman–Crippen MR) is 49.1 cm³/mol. The molecule has 1 heterocycles. The molecule has 2 nitrogen and oxygen atoms in total. The van der Waals surface area contributed by atoms with Crippen LogP contribution in [0.1, 0.15) is 20.8 Å². The molecule has 0 atom stereocenters. The summed E-state index contributed by atoms with van der Waals surface area (Å²) in [5.74, 6) is 0.799. The molecular weight excluding hydrogens is 136 g/mol. The van der Waals surface area contributed by atoms with Gasteiger partial charge in [0, 0.05) is 12.4 Å². The van der Waals surface area contributed by atoms with E-state index in [1.807, 2.05) is 33.0 Å². The van der Waals surface area contributed by atoms with Gasteiger partial charge in [0.1, 0.15) is 5.84 Å². The molecule has 0 fully saturated rings. The van der Waals surface area contributed by atoms with Crippen LogP contribution in [0.2, 0.25) is 0 Å². The van der Waals surface area contributed by atoms with Crippen LogP contribution in [0.3, 0.4) is 0 Å². The van der Waals surface area contributed by atoms with Crippen LogP contribution in [0.5, 0.6) is 0 Å². The fourth-order valence-corrected chi connectivity index (χ4v) is 0.714. The summed E-state index contributed by atoms with van der Waals surface area (Å²) in [4.78, 5) is 8.20. The molecule has 0 spiro atoms. The number of nitrogens with zero attached hydrogens (tertiary/aromatic N) is 2. The average Bonchev–Trinajstić information content (AvgIpc) is 1.98. The van der Waals surface area contributed by atoms with Gasteiger partial charge < -0.3 is 0 Å². The monoisotopic (exact) mass is 148 g/mol. The van der Waals surface area contributed by atoms with Gasteiger partial charge in [-0.1, -0.05) is 0 Å². The van der Waals surface area contributed by atoms with Crippen molar-refractivity contribution in [2.45, 2.75) is 20.8 Å². The molecule has 1 aliphatic rings. The van der Waals surface area contributed by atoms with Crippen LogP contribution in [-0.2, 0) is 0 Å². The highest BCUT2D eigenvalue weighted by Gasteiger charge is 1.93. The van der Waals surface area contributed by atoms with E-state index in [4.69, 9.17) is 0 Å². The largest absolute Gasteiger partial charge is 0.242 e. The molecule has 0 saturated heterocycles. The van der Waals surface area contributed by atoms with Crippen LogP contribution in [0.25, 0.3) is 0 Å². The quantitative estimate of drug-likeness (QED) is 0.503. The van der Waals surface area contributed by atoms with Gasteiger partial charge in [-0.25, -0.2) is 9.98 Å². The Labute approximate surface area is 67.1 Å². The molecule has 0 aromatic carbocycles. The summed E-state index contributed by atoms with van der Waals surface area (Å²) in [7, 11) is 0. The Morgan fingerprint density at radius 1 is 1.09 bits per heavy atom. The van der Waals surface area contributed by atoms with Crippen LogP contribution < -0.4 is 0 Å². The Morgan fingerprint density at radius 3 is 2.55 bits per heavy atom. The maximum absolute atomic E-state index is 4.13. The summed E-state index contributed by atoms with van der Waals surface area (Å²) in [5.41, 5.74) is 2.40. The Kier molecular flexibility index (Phi) is 2.36. The van der Waals surface area contributed by atoms with Crippen molar-refractivity contribution in [3.8, 4) is 0 Å². The number of hydrogen-bond donors (Lipinski definition) is 0. The zero-order valence-electron chi connectivity index (χ0n) is 7.13. The lowest BCUT2D eigenvalue weighted by Gasteiger charge is -1.99. The van der Waals surface area contributed by atoms with Crippen molar-refractivity contribution in [1.29, 1.82) is 0 Å². The molecule has 2 heteroatoms. The first-order valence-electron chi connectivity index (χ1n) is 3.62. The van der Waals surface area contributed by atoms with Crippen LogP contribution >= 0.6 is 0 Å². The number of rotatable bonds is 0. The van der Waals surface area contributed by atoms with E-state index < -0.39 is 0 Å². The van der Waals surface area contributed by atoms with E-state index in [1.165, 1.54) is 11.1 Å². The average molecular weight is 148 g/mol. The molecule has 0 radical (unpaired) electrons. The molecule has 58 valence electrons. The molecule has 0 N–H and O–H groups in total. The topological polar surface area (TPSA) is 24.7 Å². The molecule has 0 saturated carbocycles. The number of allylic oxidation sites excluding steroid dienone is 3. The number of aliphatic imine (C=N–C) groups is 2. The lowest BCUT2D eigenvalue weighted by molar-refractivity contribution is 1.29. The maximum Gasteiger partial charge on any atom is 0.125 e. The minimum Gasteiger partial charge on any atom is -0.242 e. The first kappa shape index (κ1) is 7.92. The summed E-state index contributed by atoms with van der Waals surface area (Å²) < 4.78 is 0. The van der Waals surface area contributed by atoms with Crippen molar-refractivity contribution in [2.75, 3.05) is 0 Å². The van der Waals surface area contributed by atoms with Gasteiger partial charge >= 0.3 is 0 Å². The van der Waals surface area contributed by atoms with E-state index in [1.54, 1.807) is 6.21 Å². The Hall–Kier alpha value is -1.18. The first-order chi connectivity index (χ1) is 5.20. The normalized spacial score (nSPS) is 35.0. The second-order valence-electron chi connectivity index (χ2n) is 2.62. The fraction of sp³-hybridized carbons (Fsp3) is 0.333. The molecule has 0 aromatic heterocycles. The third-order valence-corrected chi connectivity index (χ3v) is 1.65. The minimum absolute atomic E-state index is 0.799. The standard InChI is InChI=1S/C9H12N2/c1-7-4-5-10-9(3)11-6-8(7)2/h4-6H,1-3H3/b5-4?,7-4-,8-6+,8-7?,10-5+,10-9?,11-6?,11-9-. The highest BCUT2D eigenvalue weighted by molar-refractivity contribution is 5.92. The minimum atomic E-state index is 0.799. The zero-order valence-corrected chi connectivity index (χ0v) is 7.13. The molecule has 1 rings (SSSR count). The highest BCUT2D eigenvalue weighted by Crippen LogP contribution is 2.08. The van der Waals surface area contributed by atoms with Crippen molar-refractivity contribution >= 4 is 12.1 Å². The molecule has 0 bridgehead atoms. The van der Waals surface area contributed by atoms with Gasteiger partial charge in [-0.3, -0.25) is 0 Å². The van der Waals surface area contributed by atoms with Gasteiger partial charge in [0.05, 0.1) is 0 Å². The molecule has 0 aliphatic carbocycles. The lowest BCUT2D eigenvalue weighted by atomic mass is 10.1. The Bertz CT molecular complexity index is 267. The molecule has 0 amide bonds. The molecule has 0 unspecified atom stereocenters. The zero-order chi connectivity index (χ0) is 8.27. The van der Waals surface area contributed by atoms with Crippen molar-refractivity contribution in [3.63, 3.8) is 0 Å². The maximum atomic E-state index is 4.13. The molecule has 0 aromatic rings. The van der Waals surface area contributed by atoms with Crippen LogP contribution in [0.4, 0.5) is 0 Å². The van der Waals surface area contributed by atoms with Crippen molar-refractivity contribution in [2.24, 2.45) is 9.98 Å². The van der Waals surface area contributed by atoms with Gasteiger partial charge in [0.2, 0.25) is 0 Å². The fourth-order valence-electron chi connectivity index (χ4n) is 0.714. The summed E-state index contributed by atoms with van der Waals surface area (Å²) in [6.07, 6.45) is 5.62. The van der Waals surface area contributed by atoms with Gasteiger partial charge in [-0.05, 0) is 38.0 Å². The van der Waals surface area contributed by atoms with Gasteiger partial charge in [0.25, 0.3) is 0 Å². The SMILES string of the molecule is CC1=C/C=N/C(C)=N\C=C\1C. The Morgan fingerprint density at radius 2 is 1.82 bits per heavy atom. The second-order valence-corrected chi connectivity index (χ2v) is 2.62. The van der Waals surface area contributed by atoms with E-state index >= 15 is 0 Å². The highest BCUT2D eigenvalue weighted by atomic mass is 14.9. The van der Waals surface area contributed by atoms with E-state index in [-0.39, 0.29) is 0 Å². The summed E-state index contributed by atoms with van der Waals surface area (Å²) in [5, 5.41) is 0. The van der Waals surface area contributed by atoms with Crippen molar-refractivity contribution in [1.82, 2.24) is 0 Å². The first-order valence-corrected chi connectivity index (χ1v) is 3.62. The third-order valence-electron chi connectivity index (χ3n) is 1.65. The van der Waals surface area contributed by atoms with Gasteiger partial charge in [-0.15, -0.1) is 0 Å². The van der Waals surface area contributed by atoms with Crippen molar-refractivity contribution in [3.05, 3.63) is 23.4 Å². The molecule has 1 aliphatic heterocycles. The molecular formula is C9H12N2. The number of hydrogen-bond acceptors (Lipinski definition) is 2. The smallest absolute Gasteiger partial charge is 0.125 e. The van der Waals surface area contributed by atoms with E-state index in [0.29, 0.717) is 0 Å². The predicted octanol–water partition coefficient (Wildman–Crippen LogP) is 2.34. The van der Waals surface area contributed by atoms with Gasteiger partial charge in [-0.2, -0.15) is 0 Å². The summed E-state index contributed by atoms with van der Waals surface area (Å²) in [6, 6.07) is 0.